The quantitative estimate of drug-likeness (QED) is 0.820. The fraction of sp³-hybridized carbons (Fsp3) is 0.867. The molecule has 1 aliphatic heterocycles. The first-order valence-electron chi connectivity index (χ1n) is 7.98. The van der Waals surface area contributed by atoms with Gasteiger partial charge in [0.05, 0.1) is 7.11 Å². The minimum atomic E-state index is -0.283. The fourth-order valence-corrected chi connectivity index (χ4v) is 3.31. The van der Waals surface area contributed by atoms with Gasteiger partial charge in [-0.25, -0.2) is 9.59 Å². The molecule has 120 valence electrons. The lowest BCUT2D eigenvalue weighted by molar-refractivity contribution is 0.110. The van der Waals surface area contributed by atoms with Crippen molar-refractivity contribution in [1.82, 2.24) is 15.5 Å². The van der Waals surface area contributed by atoms with E-state index in [-0.39, 0.29) is 18.2 Å². The lowest BCUT2D eigenvalue weighted by atomic mass is 9.87. The fourth-order valence-electron chi connectivity index (χ4n) is 3.31. The average molecular weight is 297 g/mol. The topological polar surface area (TPSA) is 70.7 Å². The number of hydrogen-bond acceptors (Lipinski definition) is 3. The van der Waals surface area contributed by atoms with Crippen molar-refractivity contribution in [3.63, 3.8) is 0 Å². The van der Waals surface area contributed by atoms with Crippen LogP contribution in [0.2, 0.25) is 0 Å². The second-order valence-electron chi connectivity index (χ2n) is 6.32. The number of hydrogen-bond donors (Lipinski definition) is 2. The van der Waals surface area contributed by atoms with Gasteiger partial charge in [0.1, 0.15) is 0 Å². The van der Waals surface area contributed by atoms with Gasteiger partial charge in [0.25, 0.3) is 0 Å². The van der Waals surface area contributed by atoms with Gasteiger partial charge < -0.3 is 20.3 Å². The summed E-state index contributed by atoms with van der Waals surface area (Å²) in [6, 6.07) is 0.390. The van der Waals surface area contributed by atoms with Gasteiger partial charge in [-0.2, -0.15) is 0 Å². The first kappa shape index (κ1) is 15.9. The summed E-state index contributed by atoms with van der Waals surface area (Å²) in [6.45, 7) is 3.52. The summed E-state index contributed by atoms with van der Waals surface area (Å²) in [5, 5.41) is 6.12. The molecule has 2 aliphatic rings. The second kappa shape index (κ2) is 7.52. The molecule has 0 aromatic carbocycles. The smallest absolute Gasteiger partial charge is 0.409 e. The van der Waals surface area contributed by atoms with E-state index < -0.39 is 0 Å². The van der Waals surface area contributed by atoms with Crippen LogP contribution in [0, 0.1) is 5.92 Å². The summed E-state index contributed by atoms with van der Waals surface area (Å²) in [5.74, 6) is 0.701. The van der Waals surface area contributed by atoms with E-state index in [0.717, 1.165) is 25.7 Å². The Morgan fingerprint density at radius 3 is 2.33 bits per heavy atom. The zero-order valence-corrected chi connectivity index (χ0v) is 13.1. The van der Waals surface area contributed by atoms with Crippen LogP contribution in [0.15, 0.2) is 0 Å². The molecule has 21 heavy (non-hydrogen) atoms. The Kier molecular flexibility index (Phi) is 5.70. The maximum Gasteiger partial charge on any atom is 0.409 e. The number of carbonyl (C=O) groups excluding carboxylic acids is 2. The van der Waals surface area contributed by atoms with Crippen LogP contribution in [0.5, 0.6) is 0 Å². The van der Waals surface area contributed by atoms with Gasteiger partial charge >= 0.3 is 12.1 Å². The minimum Gasteiger partial charge on any atom is -0.453 e. The van der Waals surface area contributed by atoms with Gasteiger partial charge in [0, 0.05) is 25.2 Å². The highest BCUT2D eigenvalue weighted by molar-refractivity contribution is 5.74. The molecule has 0 aromatic heterocycles. The van der Waals surface area contributed by atoms with Gasteiger partial charge in [0.15, 0.2) is 0 Å². The molecule has 0 aromatic rings. The Morgan fingerprint density at radius 1 is 1.05 bits per heavy atom. The first-order valence-corrected chi connectivity index (χ1v) is 7.98. The molecule has 0 unspecified atom stereocenters. The zero-order chi connectivity index (χ0) is 15.2. The van der Waals surface area contributed by atoms with Gasteiger partial charge in [-0.1, -0.05) is 19.8 Å². The molecule has 1 aliphatic carbocycles. The molecule has 0 radical (unpaired) electrons. The Balaban J connectivity index is 1.68. The molecule has 2 fully saturated rings. The lowest BCUT2D eigenvalue weighted by Gasteiger charge is -2.32. The molecule has 6 nitrogen and oxygen atoms in total. The van der Waals surface area contributed by atoms with Crippen molar-refractivity contribution >= 4 is 12.1 Å². The van der Waals surface area contributed by atoms with Crippen molar-refractivity contribution in [3.8, 4) is 0 Å². The second-order valence-corrected chi connectivity index (χ2v) is 6.32. The van der Waals surface area contributed by atoms with Crippen molar-refractivity contribution in [2.45, 2.75) is 57.5 Å². The van der Waals surface area contributed by atoms with Crippen LogP contribution >= 0.6 is 0 Å². The average Bonchev–Trinajstić information content (AvgIpc) is 2.47. The van der Waals surface area contributed by atoms with Gasteiger partial charge in [0.2, 0.25) is 0 Å². The minimum absolute atomic E-state index is 0.0642. The molecular formula is C15H27N3O3. The van der Waals surface area contributed by atoms with E-state index >= 15 is 0 Å². The standard InChI is InChI=1S/C15H27N3O3/c1-11-4-3-5-13(10-11)17-14(19)16-12-6-8-18(9-7-12)15(20)21-2/h11-13H,3-10H2,1-2H3,(H2,16,17,19)/t11-,13-/m1/s1. The van der Waals surface area contributed by atoms with Crippen LogP contribution in [-0.2, 0) is 4.74 Å². The van der Waals surface area contributed by atoms with Crippen LogP contribution < -0.4 is 10.6 Å². The third-order valence-corrected chi connectivity index (χ3v) is 4.53. The molecule has 3 amide bonds. The van der Waals surface area contributed by atoms with Gasteiger partial charge in [-0.15, -0.1) is 0 Å². The van der Waals surface area contributed by atoms with Crippen LogP contribution in [0.4, 0.5) is 9.59 Å². The third kappa shape index (κ3) is 4.79. The molecule has 1 heterocycles. The number of methoxy groups -OCH3 is 1. The Morgan fingerprint density at radius 2 is 1.71 bits per heavy atom. The van der Waals surface area contributed by atoms with Crippen molar-refractivity contribution in [3.05, 3.63) is 0 Å². The van der Waals surface area contributed by atoms with E-state index in [9.17, 15) is 9.59 Å². The SMILES string of the molecule is COC(=O)N1CCC(NC(=O)N[C@@H]2CCC[C@@H](C)C2)CC1. The summed E-state index contributed by atoms with van der Waals surface area (Å²) >= 11 is 0. The number of likely N-dealkylation sites (tertiary alicyclic amines) is 1. The highest BCUT2D eigenvalue weighted by Crippen LogP contribution is 2.23. The summed E-state index contributed by atoms with van der Waals surface area (Å²) in [7, 11) is 1.39. The number of carbonyl (C=O) groups is 2. The van der Waals surface area contributed by atoms with Crippen LogP contribution in [0.3, 0.4) is 0 Å². The summed E-state index contributed by atoms with van der Waals surface area (Å²) in [4.78, 5) is 25.1. The number of amides is 3. The summed E-state index contributed by atoms with van der Waals surface area (Å²) in [6.07, 6.45) is 5.91. The van der Waals surface area contributed by atoms with Crippen LogP contribution in [0.25, 0.3) is 0 Å². The highest BCUT2D eigenvalue weighted by Gasteiger charge is 2.25. The molecule has 6 heteroatoms. The van der Waals surface area contributed by atoms with E-state index in [2.05, 4.69) is 17.6 Å². The molecule has 0 spiro atoms. The lowest BCUT2D eigenvalue weighted by Crippen LogP contribution is -2.51. The number of rotatable bonds is 2. The number of ether oxygens (including phenoxy) is 1. The number of nitrogens with zero attached hydrogens (tertiary/aromatic N) is 1. The van der Waals surface area contributed by atoms with E-state index in [1.165, 1.54) is 20.0 Å². The van der Waals surface area contributed by atoms with E-state index in [1.807, 2.05) is 0 Å². The van der Waals surface area contributed by atoms with E-state index in [4.69, 9.17) is 4.74 Å². The van der Waals surface area contributed by atoms with Crippen LogP contribution in [-0.4, -0.2) is 49.3 Å². The molecular weight excluding hydrogens is 270 g/mol. The van der Waals surface area contributed by atoms with Gasteiger partial charge in [-0.05, 0) is 31.6 Å². The summed E-state index contributed by atoms with van der Waals surface area (Å²) < 4.78 is 4.70. The first-order chi connectivity index (χ1) is 10.1. The monoisotopic (exact) mass is 297 g/mol. The molecule has 1 saturated heterocycles. The number of nitrogens with one attached hydrogen (secondary N) is 2. The summed E-state index contributed by atoms with van der Waals surface area (Å²) in [5.41, 5.74) is 0. The molecule has 0 bridgehead atoms. The maximum atomic E-state index is 12.0. The highest BCUT2D eigenvalue weighted by atomic mass is 16.5. The van der Waals surface area contributed by atoms with E-state index in [0.29, 0.717) is 25.0 Å². The normalized spacial score (nSPS) is 27.0. The van der Waals surface area contributed by atoms with Crippen molar-refractivity contribution in [2.75, 3.05) is 20.2 Å². The Hall–Kier alpha value is -1.46. The molecule has 2 N–H and O–H groups in total. The largest absolute Gasteiger partial charge is 0.453 e. The Labute approximate surface area is 126 Å². The predicted molar refractivity (Wildman–Crippen MR) is 80.1 cm³/mol. The van der Waals surface area contributed by atoms with E-state index in [1.54, 1.807) is 4.90 Å². The predicted octanol–water partition coefficient (Wildman–Crippen LogP) is 2.10. The molecule has 2 rings (SSSR count). The number of piperidine rings is 1. The van der Waals surface area contributed by atoms with Crippen molar-refractivity contribution in [1.29, 1.82) is 0 Å². The zero-order valence-electron chi connectivity index (χ0n) is 13.1. The van der Waals surface area contributed by atoms with Crippen molar-refractivity contribution in [2.24, 2.45) is 5.92 Å². The molecule has 1 saturated carbocycles. The van der Waals surface area contributed by atoms with Crippen molar-refractivity contribution < 1.29 is 14.3 Å². The Bertz CT molecular complexity index is 367. The third-order valence-electron chi connectivity index (χ3n) is 4.53. The molecule has 2 atom stereocenters. The van der Waals surface area contributed by atoms with Crippen LogP contribution in [0.1, 0.15) is 45.4 Å². The maximum absolute atomic E-state index is 12.0. The van der Waals surface area contributed by atoms with Gasteiger partial charge in [-0.3, -0.25) is 0 Å². The number of urea groups is 1.